The van der Waals surface area contributed by atoms with Crippen molar-refractivity contribution < 1.29 is 9.47 Å². The van der Waals surface area contributed by atoms with E-state index in [4.69, 9.17) is 15.2 Å². The van der Waals surface area contributed by atoms with Crippen LogP contribution in [0.25, 0.3) is 0 Å². The molecule has 3 nitrogen and oxygen atoms in total. The molecule has 1 aromatic rings. The Morgan fingerprint density at radius 2 is 1.80 bits per heavy atom. The number of benzene rings is 1. The topological polar surface area (TPSA) is 44.5 Å². The molecule has 0 atom stereocenters. The van der Waals surface area contributed by atoms with Crippen LogP contribution in [0.3, 0.4) is 0 Å². The van der Waals surface area contributed by atoms with E-state index in [1.807, 2.05) is 12.1 Å². The SMILES string of the molecule is NC1(c2ccc(Br)c3c2OCCO3)CC1. The van der Waals surface area contributed by atoms with Gasteiger partial charge in [-0.25, -0.2) is 0 Å². The van der Waals surface area contributed by atoms with Gasteiger partial charge in [0.1, 0.15) is 13.2 Å². The molecule has 4 heteroatoms. The third-order valence-corrected chi connectivity index (χ3v) is 3.59. The molecule has 1 aliphatic heterocycles. The van der Waals surface area contributed by atoms with Crippen molar-refractivity contribution in [3.05, 3.63) is 22.2 Å². The molecule has 1 aromatic carbocycles. The van der Waals surface area contributed by atoms with Gasteiger partial charge < -0.3 is 15.2 Å². The van der Waals surface area contributed by atoms with E-state index in [0.29, 0.717) is 13.2 Å². The first-order valence-corrected chi connectivity index (χ1v) is 5.87. The number of ether oxygens (including phenoxy) is 2. The van der Waals surface area contributed by atoms with Gasteiger partial charge in [0.05, 0.1) is 4.47 Å². The van der Waals surface area contributed by atoms with Crippen molar-refractivity contribution in [3.8, 4) is 11.5 Å². The molecule has 80 valence electrons. The molecule has 0 radical (unpaired) electrons. The van der Waals surface area contributed by atoms with E-state index in [2.05, 4.69) is 15.9 Å². The van der Waals surface area contributed by atoms with E-state index in [1.54, 1.807) is 0 Å². The fraction of sp³-hybridized carbons (Fsp3) is 0.455. The minimum Gasteiger partial charge on any atom is -0.486 e. The second kappa shape index (κ2) is 3.12. The Hall–Kier alpha value is -0.740. The van der Waals surface area contributed by atoms with Gasteiger partial charge in [0.25, 0.3) is 0 Å². The molecule has 0 unspecified atom stereocenters. The predicted molar refractivity (Wildman–Crippen MR) is 60.2 cm³/mol. The van der Waals surface area contributed by atoms with Gasteiger partial charge in [-0.05, 0) is 34.8 Å². The summed E-state index contributed by atoms with van der Waals surface area (Å²) >= 11 is 3.46. The normalized spacial score (nSPS) is 21.2. The van der Waals surface area contributed by atoms with Crippen LogP contribution >= 0.6 is 15.9 Å². The van der Waals surface area contributed by atoms with Gasteiger partial charge in [0.15, 0.2) is 11.5 Å². The number of halogens is 1. The zero-order valence-corrected chi connectivity index (χ0v) is 9.84. The molecule has 2 aliphatic rings. The first-order valence-electron chi connectivity index (χ1n) is 5.08. The highest BCUT2D eigenvalue weighted by molar-refractivity contribution is 9.10. The Bertz CT molecular complexity index is 415. The van der Waals surface area contributed by atoms with Crippen molar-refractivity contribution in [1.29, 1.82) is 0 Å². The molecule has 2 N–H and O–H groups in total. The van der Waals surface area contributed by atoms with E-state index < -0.39 is 0 Å². The monoisotopic (exact) mass is 269 g/mol. The molecular weight excluding hydrogens is 258 g/mol. The molecule has 0 saturated heterocycles. The average Bonchev–Trinajstić information content (AvgIpc) is 2.98. The summed E-state index contributed by atoms with van der Waals surface area (Å²) in [4.78, 5) is 0. The summed E-state index contributed by atoms with van der Waals surface area (Å²) in [6.45, 7) is 1.21. The van der Waals surface area contributed by atoms with Crippen LogP contribution in [0, 0.1) is 0 Å². The highest BCUT2D eigenvalue weighted by Gasteiger charge is 2.43. The lowest BCUT2D eigenvalue weighted by Crippen LogP contribution is -2.23. The van der Waals surface area contributed by atoms with Crippen molar-refractivity contribution in [2.24, 2.45) is 5.73 Å². The molecule has 1 aliphatic carbocycles. The Morgan fingerprint density at radius 1 is 1.13 bits per heavy atom. The van der Waals surface area contributed by atoms with E-state index in [1.165, 1.54) is 0 Å². The Balaban J connectivity index is 2.15. The smallest absolute Gasteiger partial charge is 0.175 e. The Morgan fingerprint density at radius 3 is 2.47 bits per heavy atom. The third kappa shape index (κ3) is 1.43. The lowest BCUT2D eigenvalue weighted by molar-refractivity contribution is 0.167. The van der Waals surface area contributed by atoms with Crippen LogP contribution in [0.15, 0.2) is 16.6 Å². The van der Waals surface area contributed by atoms with Crippen molar-refractivity contribution >= 4 is 15.9 Å². The largest absolute Gasteiger partial charge is 0.486 e. The van der Waals surface area contributed by atoms with Gasteiger partial charge >= 0.3 is 0 Å². The van der Waals surface area contributed by atoms with Gasteiger partial charge in [-0.3, -0.25) is 0 Å². The minimum absolute atomic E-state index is 0.175. The summed E-state index contributed by atoms with van der Waals surface area (Å²) in [5.41, 5.74) is 7.10. The number of hydrogen-bond donors (Lipinski definition) is 1. The maximum absolute atomic E-state index is 6.19. The minimum atomic E-state index is -0.175. The molecule has 1 heterocycles. The molecule has 15 heavy (non-hydrogen) atoms. The van der Waals surface area contributed by atoms with Gasteiger partial charge in [-0.15, -0.1) is 0 Å². The fourth-order valence-electron chi connectivity index (χ4n) is 1.90. The standard InChI is InChI=1S/C11H12BrNO2/c12-8-2-1-7(11(13)3-4-11)9-10(8)15-6-5-14-9/h1-2H,3-6,13H2. The highest BCUT2D eigenvalue weighted by atomic mass is 79.9. The molecular formula is C11H12BrNO2. The summed E-state index contributed by atoms with van der Waals surface area (Å²) in [5, 5.41) is 0. The van der Waals surface area contributed by atoms with Crippen LogP contribution < -0.4 is 15.2 Å². The van der Waals surface area contributed by atoms with E-state index >= 15 is 0 Å². The molecule has 0 spiro atoms. The van der Waals surface area contributed by atoms with Gasteiger partial charge in [0.2, 0.25) is 0 Å². The van der Waals surface area contributed by atoms with Crippen molar-refractivity contribution in [3.63, 3.8) is 0 Å². The lowest BCUT2D eigenvalue weighted by atomic mass is 10.0. The van der Waals surface area contributed by atoms with Crippen molar-refractivity contribution in [1.82, 2.24) is 0 Å². The molecule has 1 fully saturated rings. The summed E-state index contributed by atoms with van der Waals surface area (Å²) in [6.07, 6.45) is 2.06. The first-order chi connectivity index (χ1) is 7.21. The van der Waals surface area contributed by atoms with Crippen molar-refractivity contribution in [2.75, 3.05) is 13.2 Å². The predicted octanol–water partition coefficient (Wildman–Crippen LogP) is 2.17. The zero-order chi connectivity index (χ0) is 10.5. The maximum atomic E-state index is 6.19. The molecule has 1 saturated carbocycles. The first kappa shape index (κ1) is 9.48. The van der Waals surface area contributed by atoms with Crippen LogP contribution in [-0.2, 0) is 5.54 Å². The van der Waals surface area contributed by atoms with Crippen LogP contribution in [0.5, 0.6) is 11.5 Å². The second-order valence-corrected chi connectivity index (χ2v) is 4.96. The van der Waals surface area contributed by atoms with E-state index in [0.717, 1.165) is 34.4 Å². The van der Waals surface area contributed by atoms with Gasteiger partial charge in [-0.1, -0.05) is 6.07 Å². The van der Waals surface area contributed by atoms with Crippen molar-refractivity contribution in [2.45, 2.75) is 18.4 Å². The highest BCUT2D eigenvalue weighted by Crippen LogP contribution is 2.51. The average molecular weight is 270 g/mol. The van der Waals surface area contributed by atoms with Gasteiger partial charge in [-0.2, -0.15) is 0 Å². The van der Waals surface area contributed by atoms with Crippen LogP contribution in [0.4, 0.5) is 0 Å². The summed E-state index contributed by atoms with van der Waals surface area (Å²) in [7, 11) is 0. The molecule has 0 bridgehead atoms. The van der Waals surface area contributed by atoms with E-state index in [9.17, 15) is 0 Å². The summed E-state index contributed by atoms with van der Waals surface area (Å²) < 4.78 is 12.2. The number of rotatable bonds is 1. The zero-order valence-electron chi connectivity index (χ0n) is 8.25. The molecule has 0 aromatic heterocycles. The Labute approximate surface area is 96.7 Å². The lowest BCUT2D eigenvalue weighted by Gasteiger charge is -2.24. The van der Waals surface area contributed by atoms with Crippen LogP contribution in [0.2, 0.25) is 0 Å². The molecule has 3 rings (SSSR count). The molecule has 0 amide bonds. The number of fused-ring (bicyclic) bond motifs is 1. The third-order valence-electron chi connectivity index (χ3n) is 2.97. The second-order valence-electron chi connectivity index (χ2n) is 4.11. The summed E-state index contributed by atoms with van der Waals surface area (Å²) in [6, 6.07) is 4.01. The quantitative estimate of drug-likeness (QED) is 0.850. The Kier molecular flexibility index (Phi) is 1.97. The fourth-order valence-corrected chi connectivity index (χ4v) is 2.33. The summed E-state index contributed by atoms with van der Waals surface area (Å²) in [5.74, 6) is 1.63. The van der Waals surface area contributed by atoms with Crippen LogP contribution in [-0.4, -0.2) is 13.2 Å². The number of hydrogen-bond acceptors (Lipinski definition) is 3. The number of nitrogens with two attached hydrogens (primary N) is 1. The van der Waals surface area contributed by atoms with E-state index in [-0.39, 0.29) is 5.54 Å². The van der Waals surface area contributed by atoms with Gasteiger partial charge in [0, 0.05) is 11.1 Å². The van der Waals surface area contributed by atoms with Crippen LogP contribution in [0.1, 0.15) is 18.4 Å². The maximum Gasteiger partial charge on any atom is 0.175 e.